The number of nitrogens with zero attached hydrogens (tertiary/aromatic N) is 1. The fourth-order valence-electron chi connectivity index (χ4n) is 1.36. The Morgan fingerprint density at radius 3 is 2.86 bits per heavy atom. The average Bonchev–Trinajstić information content (AvgIpc) is 2.49. The van der Waals surface area contributed by atoms with Gasteiger partial charge in [-0.3, -0.25) is 4.79 Å². The Labute approximate surface area is 83.7 Å². The first-order valence-electron chi connectivity index (χ1n) is 4.91. The van der Waals surface area contributed by atoms with Gasteiger partial charge >= 0.3 is 5.91 Å². The molecule has 0 spiro atoms. The molecule has 1 unspecified atom stereocenters. The monoisotopic (exact) mass is 199 g/mol. The highest BCUT2D eigenvalue weighted by molar-refractivity contribution is 6.34. The van der Waals surface area contributed by atoms with Crippen LogP contribution < -0.4 is 11.2 Å². The van der Waals surface area contributed by atoms with Crippen LogP contribution >= 0.6 is 0 Å². The molecule has 1 aliphatic rings. The molecule has 0 aromatic rings. The van der Waals surface area contributed by atoms with Crippen molar-refractivity contribution in [3.05, 3.63) is 0 Å². The predicted octanol–water partition coefficient (Wildman–Crippen LogP) is 0.702. The minimum absolute atomic E-state index is 0.0241. The number of primary amides is 1. The number of unbranched alkanes of at least 4 members (excludes halogenated alkanes) is 2. The van der Waals surface area contributed by atoms with Gasteiger partial charge in [0, 0.05) is 0 Å². The van der Waals surface area contributed by atoms with Crippen molar-refractivity contribution in [2.24, 2.45) is 10.7 Å². The Bertz CT molecular complexity index is 252. The lowest BCUT2D eigenvalue weighted by Crippen LogP contribution is -2.35. The predicted molar refractivity (Wildman–Crippen MR) is 53.4 cm³/mol. The van der Waals surface area contributed by atoms with E-state index in [1.165, 1.54) is 0 Å². The highest BCUT2D eigenvalue weighted by atomic mass is 16.7. The Morgan fingerprint density at radius 1 is 1.64 bits per heavy atom. The summed E-state index contributed by atoms with van der Waals surface area (Å²) in [5.41, 5.74) is 7.27. The summed E-state index contributed by atoms with van der Waals surface area (Å²) < 4.78 is 0. The van der Waals surface area contributed by atoms with Gasteiger partial charge in [-0.2, -0.15) is 0 Å². The van der Waals surface area contributed by atoms with E-state index in [1.807, 2.05) is 6.92 Å². The molecule has 0 saturated carbocycles. The van der Waals surface area contributed by atoms with Crippen LogP contribution in [0.25, 0.3) is 0 Å². The molecule has 1 aliphatic heterocycles. The number of amides is 1. The molecule has 14 heavy (non-hydrogen) atoms. The first-order chi connectivity index (χ1) is 6.57. The molecule has 1 atom stereocenters. The summed E-state index contributed by atoms with van der Waals surface area (Å²) in [4.78, 5) is 19.7. The molecule has 0 radical (unpaired) electrons. The molecule has 3 N–H and O–H groups in total. The number of rotatable bonds is 5. The third kappa shape index (κ3) is 2.70. The smallest absolute Gasteiger partial charge is 0.306 e. The number of hydroxylamine groups is 1. The molecular formula is C9H17N3O2. The van der Waals surface area contributed by atoms with Gasteiger partial charge in [-0.25, -0.2) is 4.99 Å². The summed E-state index contributed by atoms with van der Waals surface area (Å²) in [7, 11) is 0. The van der Waals surface area contributed by atoms with Crippen LogP contribution in [0.2, 0.25) is 0 Å². The maximum Gasteiger partial charge on any atom is 0.306 e. The molecule has 0 aliphatic carbocycles. The molecule has 0 saturated heterocycles. The van der Waals surface area contributed by atoms with Crippen molar-refractivity contribution >= 4 is 11.8 Å². The second-order valence-electron chi connectivity index (χ2n) is 3.72. The Balaban J connectivity index is 2.47. The maximum absolute atomic E-state index is 10.7. The van der Waals surface area contributed by atoms with Gasteiger partial charge in [0.05, 0.1) is 0 Å². The molecule has 5 heteroatoms. The molecule has 1 amide bonds. The van der Waals surface area contributed by atoms with Crippen LogP contribution in [-0.4, -0.2) is 17.5 Å². The topological polar surface area (TPSA) is 76.7 Å². The molecule has 5 nitrogen and oxygen atoms in total. The molecule has 0 aromatic carbocycles. The molecule has 0 fully saturated rings. The van der Waals surface area contributed by atoms with E-state index in [4.69, 9.17) is 10.6 Å². The summed E-state index contributed by atoms with van der Waals surface area (Å²) in [5.74, 6) is -0.652. The zero-order chi connectivity index (χ0) is 10.6. The van der Waals surface area contributed by atoms with Crippen molar-refractivity contribution < 1.29 is 9.63 Å². The third-order valence-corrected chi connectivity index (χ3v) is 2.19. The highest BCUT2D eigenvalue weighted by Crippen LogP contribution is 2.20. The van der Waals surface area contributed by atoms with E-state index in [0.717, 1.165) is 25.7 Å². The lowest BCUT2D eigenvalue weighted by molar-refractivity contribution is -0.113. The minimum Gasteiger partial charge on any atom is -0.380 e. The number of hydrogen-bond acceptors (Lipinski definition) is 4. The van der Waals surface area contributed by atoms with Gasteiger partial charge in [0.25, 0.3) is 5.90 Å². The molecular weight excluding hydrogens is 182 g/mol. The Hall–Kier alpha value is -1.10. The second-order valence-corrected chi connectivity index (χ2v) is 3.72. The number of nitrogens with one attached hydrogen (secondary N) is 1. The fraction of sp³-hybridized carbons (Fsp3) is 0.778. The molecule has 80 valence electrons. The number of carbonyl (C=O) groups excluding carboxylic acids is 1. The minimum atomic E-state index is -0.628. The van der Waals surface area contributed by atoms with E-state index in [-0.39, 0.29) is 5.90 Å². The van der Waals surface area contributed by atoms with E-state index >= 15 is 0 Å². The third-order valence-electron chi connectivity index (χ3n) is 2.19. The lowest BCUT2D eigenvalue weighted by atomic mass is 10.1. The summed E-state index contributed by atoms with van der Waals surface area (Å²) >= 11 is 0. The number of hydrogen-bond donors (Lipinski definition) is 2. The fourth-order valence-corrected chi connectivity index (χ4v) is 1.36. The Morgan fingerprint density at radius 2 is 2.36 bits per heavy atom. The summed E-state index contributed by atoms with van der Waals surface area (Å²) in [6.07, 6.45) is 4.21. The van der Waals surface area contributed by atoms with E-state index in [1.54, 1.807) is 0 Å². The molecule has 1 heterocycles. The largest absolute Gasteiger partial charge is 0.380 e. The van der Waals surface area contributed by atoms with Crippen LogP contribution in [0.5, 0.6) is 0 Å². The molecule has 0 aromatic heterocycles. The zero-order valence-corrected chi connectivity index (χ0v) is 8.67. The van der Waals surface area contributed by atoms with Gasteiger partial charge in [-0.05, 0) is 19.8 Å². The van der Waals surface area contributed by atoms with Crippen LogP contribution in [0.3, 0.4) is 0 Å². The first-order valence-corrected chi connectivity index (χ1v) is 4.91. The van der Waals surface area contributed by atoms with E-state index in [9.17, 15) is 4.79 Å². The van der Waals surface area contributed by atoms with Gasteiger partial charge in [0.1, 0.15) is 5.66 Å². The van der Waals surface area contributed by atoms with Crippen LogP contribution in [0.1, 0.15) is 39.5 Å². The van der Waals surface area contributed by atoms with E-state index in [0.29, 0.717) is 0 Å². The summed E-state index contributed by atoms with van der Waals surface area (Å²) in [5, 5.41) is 0. The van der Waals surface area contributed by atoms with Crippen LogP contribution in [-0.2, 0) is 9.63 Å². The van der Waals surface area contributed by atoms with Crippen molar-refractivity contribution in [3.63, 3.8) is 0 Å². The van der Waals surface area contributed by atoms with Gasteiger partial charge in [0.15, 0.2) is 0 Å². The second kappa shape index (κ2) is 4.41. The standard InChI is InChI=1S/C9H17N3O2/c1-3-4-5-6-9(2)11-8(7(10)13)14-12-9/h12H,3-6H2,1-2H3,(H2,10,13). The maximum atomic E-state index is 10.7. The van der Waals surface area contributed by atoms with Gasteiger partial charge in [-0.15, -0.1) is 5.48 Å². The van der Waals surface area contributed by atoms with Crippen molar-refractivity contribution in [1.82, 2.24) is 5.48 Å². The van der Waals surface area contributed by atoms with Crippen molar-refractivity contribution in [2.45, 2.75) is 45.2 Å². The number of nitrogens with two attached hydrogens (primary N) is 1. The average molecular weight is 199 g/mol. The van der Waals surface area contributed by atoms with E-state index in [2.05, 4.69) is 17.4 Å². The number of aliphatic imine (C=N–C) groups is 1. The van der Waals surface area contributed by atoms with Crippen LogP contribution in [0, 0.1) is 0 Å². The molecule has 0 bridgehead atoms. The number of carbonyl (C=O) groups is 1. The summed E-state index contributed by atoms with van der Waals surface area (Å²) in [6.45, 7) is 4.03. The Kier molecular flexibility index (Phi) is 3.46. The van der Waals surface area contributed by atoms with Crippen molar-refractivity contribution in [3.8, 4) is 0 Å². The van der Waals surface area contributed by atoms with Gasteiger partial charge in [0.2, 0.25) is 0 Å². The van der Waals surface area contributed by atoms with Crippen molar-refractivity contribution in [2.75, 3.05) is 0 Å². The quantitative estimate of drug-likeness (QED) is 0.640. The van der Waals surface area contributed by atoms with Crippen LogP contribution in [0.4, 0.5) is 0 Å². The lowest BCUT2D eigenvalue weighted by Gasteiger charge is -2.17. The van der Waals surface area contributed by atoms with E-state index < -0.39 is 11.6 Å². The SMILES string of the molecule is CCCCCC1(C)N=C(C(N)=O)ON1. The summed E-state index contributed by atoms with van der Waals surface area (Å²) in [6, 6.07) is 0. The van der Waals surface area contributed by atoms with Gasteiger partial charge in [-0.1, -0.05) is 19.8 Å². The zero-order valence-electron chi connectivity index (χ0n) is 8.67. The highest BCUT2D eigenvalue weighted by Gasteiger charge is 2.32. The van der Waals surface area contributed by atoms with Gasteiger partial charge < -0.3 is 10.6 Å². The van der Waals surface area contributed by atoms with Crippen LogP contribution in [0.15, 0.2) is 4.99 Å². The normalized spacial score (nSPS) is 25.7. The first kappa shape index (κ1) is 11.0. The van der Waals surface area contributed by atoms with Crippen molar-refractivity contribution in [1.29, 1.82) is 0 Å². The molecule has 1 rings (SSSR count).